The van der Waals surface area contributed by atoms with Gasteiger partial charge in [0.25, 0.3) is 5.91 Å². The van der Waals surface area contributed by atoms with Gasteiger partial charge in [0.1, 0.15) is 10.8 Å². The zero-order valence-electron chi connectivity index (χ0n) is 19.3. The van der Waals surface area contributed by atoms with Crippen LogP contribution in [0.4, 0.5) is 0 Å². The fraction of sp³-hybridized carbons (Fsp3) is 0.370. The van der Waals surface area contributed by atoms with Crippen molar-refractivity contribution in [3.63, 3.8) is 0 Å². The van der Waals surface area contributed by atoms with E-state index >= 15 is 0 Å². The van der Waals surface area contributed by atoms with Crippen LogP contribution in [0.25, 0.3) is 10.6 Å². The zero-order valence-corrected chi connectivity index (χ0v) is 20.1. The Morgan fingerprint density at radius 3 is 2.76 bits per heavy atom. The molecule has 2 heterocycles. The van der Waals surface area contributed by atoms with Gasteiger partial charge in [-0.05, 0) is 55.4 Å². The van der Waals surface area contributed by atoms with E-state index in [0.29, 0.717) is 12.3 Å². The van der Waals surface area contributed by atoms with Gasteiger partial charge in [0.2, 0.25) is 5.91 Å². The number of carbonyl (C=O) groups is 2. The first kappa shape index (κ1) is 22.6. The van der Waals surface area contributed by atoms with Gasteiger partial charge in [-0.15, -0.1) is 11.3 Å². The number of hydrogen-bond donors (Lipinski definition) is 1. The standard InChI is InChI=1S/C27H29N3O3S/c1-33-23-7-4-6-19(13-23)26-29-22(17-34-26)14-25(31)28-21-11-9-18(10-12-21)15-30-16-20-5-2-3-8-24(20)27(30)32/h2-8,13,17-18,21H,9-12,14-16H2,1H3,(H,28,31). The van der Waals surface area contributed by atoms with E-state index in [1.54, 1.807) is 18.4 Å². The SMILES string of the molecule is COc1cccc(-c2nc(CC(=O)NC3CCC(CN4Cc5ccccc5C4=O)CC3)cs2)c1. The van der Waals surface area contributed by atoms with Crippen molar-refractivity contribution >= 4 is 23.2 Å². The highest BCUT2D eigenvalue weighted by Gasteiger charge is 2.30. The summed E-state index contributed by atoms with van der Waals surface area (Å²) >= 11 is 1.54. The Balaban J connectivity index is 1.08. The molecule has 0 bridgehead atoms. The third-order valence-electron chi connectivity index (χ3n) is 6.80. The summed E-state index contributed by atoms with van der Waals surface area (Å²) in [5.74, 6) is 1.47. The van der Waals surface area contributed by atoms with Gasteiger partial charge in [-0.2, -0.15) is 0 Å². The summed E-state index contributed by atoms with van der Waals surface area (Å²) < 4.78 is 5.29. The minimum Gasteiger partial charge on any atom is -0.497 e. The molecular formula is C27H29N3O3S. The molecule has 0 unspecified atom stereocenters. The third kappa shape index (κ3) is 4.99. The van der Waals surface area contributed by atoms with Crippen molar-refractivity contribution in [2.45, 2.75) is 44.7 Å². The molecule has 1 aliphatic heterocycles. The second-order valence-electron chi connectivity index (χ2n) is 9.18. The molecule has 1 saturated carbocycles. The lowest BCUT2D eigenvalue weighted by Crippen LogP contribution is -2.40. The van der Waals surface area contributed by atoms with Crippen molar-refractivity contribution < 1.29 is 14.3 Å². The average molecular weight is 476 g/mol. The first-order valence-corrected chi connectivity index (χ1v) is 12.7. The number of aromatic nitrogens is 1. The van der Waals surface area contributed by atoms with Crippen LogP contribution in [-0.4, -0.2) is 41.4 Å². The lowest BCUT2D eigenvalue weighted by atomic mass is 9.85. The first-order chi connectivity index (χ1) is 16.6. The highest BCUT2D eigenvalue weighted by Crippen LogP contribution is 2.30. The smallest absolute Gasteiger partial charge is 0.254 e. The largest absolute Gasteiger partial charge is 0.497 e. The molecule has 2 aromatic carbocycles. The summed E-state index contributed by atoms with van der Waals surface area (Å²) in [5.41, 5.74) is 3.76. The van der Waals surface area contributed by atoms with Crippen LogP contribution in [0.5, 0.6) is 5.75 Å². The molecule has 3 aromatic rings. The summed E-state index contributed by atoms with van der Waals surface area (Å²) in [7, 11) is 1.65. The summed E-state index contributed by atoms with van der Waals surface area (Å²) in [6.07, 6.45) is 4.26. The highest BCUT2D eigenvalue weighted by atomic mass is 32.1. The lowest BCUT2D eigenvalue weighted by molar-refractivity contribution is -0.121. The van der Waals surface area contributed by atoms with Gasteiger partial charge in [0, 0.05) is 35.6 Å². The Labute approximate surface area is 204 Å². The Bertz CT molecular complexity index is 1180. The van der Waals surface area contributed by atoms with Gasteiger partial charge < -0.3 is 15.0 Å². The molecular weight excluding hydrogens is 446 g/mol. The van der Waals surface area contributed by atoms with Crippen LogP contribution in [0.2, 0.25) is 0 Å². The van der Waals surface area contributed by atoms with E-state index in [2.05, 4.69) is 10.3 Å². The minimum atomic E-state index is 0.0242. The molecule has 1 aliphatic carbocycles. The van der Waals surface area contributed by atoms with Crippen molar-refractivity contribution in [1.29, 1.82) is 0 Å². The fourth-order valence-corrected chi connectivity index (χ4v) is 5.80. The van der Waals surface area contributed by atoms with Gasteiger partial charge in [0.05, 0.1) is 19.2 Å². The van der Waals surface area contributed by atoms with Gasteiger partial charge in [-0.3, -0.25) is 9.59 Å². The number of carbonyl (C=O) groups excluding carboxylic acids is 2. The first-order valence-electron chi connectivity index (χ1n) is 11.8. The Morgan fingerprint density at radius 2 is 1.97 bits per heavy atom. The number of nitrogens with one attached hydrogen (secondary N) is 1. The molecule has 0 spiro atoms. The Morgan fingerprint density at radius 1 is 1.15 bits per heavy atom. The van der Waals surface area contributed by atoms with E-state index in [4.69, 9.17) is 4.74 Å². The van der Waals surface area contributed by atoms with Crippen LogP contribution in [0.15, 0.2) is 53.9 Å². The second-order valence-corrected chi connectivity index (χ2v) is 10.0. The maximum Gasteiger partial charge on any atom is 0.254 e. The van der Waals surface area contributed by atoms with E-state index in [-0.39, 0.29) is 17.9 Å². The minimum absolute atomic E-state index is 0.0242. The summed E-state index contributed by atoms with van der Waals surface area (Å²) in [6, 6.07) is 15.9. The van der Waals surface area contributed by atoms with E-state index in [0.717, 1.165) is 71.9 Å². The molecule has 1 aromatic heterocycles. The van der Waals surface area contributed by atoms with Gasteiger partial charge >= 0.3 is 0 Å². The number of fused-ring (bicyclic) bond motifs is 1. The molecule has 5 rings (SSSR count). The van der Waals surface area contributed by atoms with Gasteiger partial charge in [-0.25, -0.2) is 4.98 Å². The van der Waals surface area contributed by atoms with Crippen LogP contribution in [0, 0.1) is 5.92 Å². The predicted molar refractivity (Wildman–Crippen MR) is 133 cm³/mol. The fourth-order valence-electron chi connectivity index (χ4n) is 4.98. The van der Waals surface area contributed by atoms with Crippen molar-refractivity contribution in [1.82, 2.24) is 15.2 Å². The highest BCUT2D eigenvalue weighted by molar-refractivity contribution is 7.13. The average Bonchev–Trinajstić information content (AvgIpc) is 3.45. The van der Waals surface area contributed by atoms with Crippen LogP contribution in [0.3, 0.4) is 0 Å². The Kier molecular flexibility index (Phi) is 6.63. The molecule has 0 atom stereocenters. The number of ether oxygens (including phenoxy) is 1. The molecule has 7 heteroatoms. The quantitative estimate of drug-likeness (QED) is 0.538. The molecule has 1 N–H and O–H groups in total. The summed E-state index contributed by atoms with van der Waals surface area (Å²) in [4.78, 5) is 31.9. The van der Waals surface area contributed by atoms with E-state index in [9.17, 15) is 9.59 Å². The van der Waals surface area contributed by atoms with E-state index in [1.807, 2.05) is 58.8 Å². The second kappa shape index (κ2) is 9.97. The molecule has 1 fully saturated rings. The number of hydrogen-bond acceptors (Lipinski definition) is 5. The molecule has 2 amide bonds. The number of methoxy groups -OCH3 is 1. The molecule has 2 aliphatic rings. The number of rotatable bonds is 7. The zero-order chi connectivity index (χ0) is 23.5. The predicted octanol–water partition coefficient (Wildman–Crippen LogP) is 4.69. The molecule has 6 nitrogen and oxygen atoms in total. The molecule has 34 heavy (non-hydrogen) atoms. The summed E-state index contributed by atoms with van der Waals surface area (Å²) in [5, 5.41) is 6.04. The third-order valence-corrected chi connectivity index (χ3v) is 7.74. The lowest BCUT2D eigenvalue weighted by Gasteiger charge is -2.31. The number of benzene rings is 2. The van der Waals surface area contributed by atoms with Gasteiger partial charge in [-0.1, -0.05) is 30.3 Å². The van der Waals surface area contributed by atoms with E-state index < -0.39 is 0 Å². The molecule has 176 valence electrons. The number of thiazole rings is 1. The van der Waals surface area contributed by atoms with Gasteiger partial charge in [0.15, 0.2) is 0 Å². The normalized spacial score (nSPS) is 19.7. The Hall–Kier alpha value is -3.19. The maximum atomic E-state index is 12.6. The summed E-state index contributed by atoms with van der Waals surface area (Å²) in [6.45, 7) is 1.52. The van der Waals surface area contributed by atoms with Crippen molar-refractivity contribution in [3.8, 4) is 16.3 Å². The van der Waals surface area contributed by atoms with Crippen LogP contribution in [-0.2, 0) is 17.8 Å². The van der Waals surface area contributed by atoms with E-state index in [1.165, 1.54) is 0 Å². The number of nitrogens with zero attached hydrogens (tertiary/aromatic N) is 2. The molecule has 0 saturated heterocycles. The molecule has 0 radical (unpaired) electrons. The topological polar surface area (TPSA) is 71.5 Å². The maximum absolute atomic E-state index is 12.6. The van der Waals surface area contributed by atoms with Crippen molar-refractivity contribution in [2.24, 2.45) is 5.92 Å². The van der Waals surface area contributed by atoms with Crippen LogP contribution < -0.4 is 10.1 Å². The number of amides is 2. The monoisotopic (exact) mass is 475 g/mol. The van der Waals surface area contributed by atoms with Crippen LogP contribution >= 0.6 is 11.3 Å². The van der Waals surface area contributed by atoms with Crippen molar-refractivity contribution in [3.05, 3.63) is 70.7 Å². The van der Waals surface area contributed by atoms with Crippen molar-refractivity contribution in [2.75, 3.05) is 13.7 Å². The van der Waals surface area contributed by atoms with Crippen LogP contribution in [0.1, 0.15) is 47.3 Å².